The molecule has 0 spiro atoms. The van der Waals surface area contributed by atoms with Crippen LogP contribution in [0.5, 0.6) is 0 Å². The van der Waals surface area contributed by atoms with Crippen LogP contribution in [0.3, 0.4) is 0 Å². The monoisotopic (exact) mass is 314 g/mol. The molecule has 1 atom stereocenters. The smallest absolute Gasteiger partial charge is 0.323 e. The Kier molecular flexibility index (Phi) is 4.39. The van der Waals surface area contributed by atoms with Crippen molar-refractivity contribution in [3.8, 4) is 0 Å². The van der Waals surface area contributed by atoms with Crippen molar-refractivity contribution in [2.75, 3.05) is 5.32 Å². The molecule has 1 unspecified atom stereocenters. The zero-order valence-corrected chi connectivity index (χ0v) is 11.5. The Morgan fingerprint density at radius 1 is 1.26 bits per heavy atom. The lowest BCUT2D eigenvalue weighted by atomic mass is 10.0. The molecule has 0 aliphatic heterocycles. The number of nitrogens with two attached hydrogens (primary N) is 1. The summed E-state index contributed by atoms with van der Waals surface area (Å²) in [6, 6.07) is 2.70. The Balaban J connectivity index is 3.05. The second-order valence-electron chi connectivity index (χ2n) is 4.24. The van der Waals surface area contributed by atoms with E-state index in [4.69, 9.17) is 28.9 Å². The van der Waals surface area contributed by atoms with Gasteiger partial charge in [-0.05, 0) is 31.5 Å². The largest absolute Gasteiger partial charge is 0.415 e. The van der Waals surface area contributed by atoms with E-state index in [2.05, 4.69) is 0 Å². The van der Waals surface area contributed by atoms with Crippen molar-refractivity contribution in [2.45, 2.75) is 25.6 Å². The lowest BCUT2D eigenvalue weighted by Gasteiger charge is -2.26. The number of carbonyl (C=O) groups excluding carboxylic acids is 1. The Morgan fingerprint density at radius 2 is 1.79 bits per heavy atom. The van der Waals surface area contributed by atoms with Crippen LogP contribution in [0.4, 0.5) is 18.9 Å². The van der Waals surface area contributed by atoms with E-state index in [1.54, 1.807) is 6.92 Å². The first-order valence-electron chi connectivity index (χ1n) is 5.09. The fourth-order valence-corrected chi connectivity index (χ4v) is 1.55. The van der Waals surface area contributed by atoms with Gasteiger partial charge in [0, 0.05) is 5.02 Å². The topological polar surface area (TPSA) is 55.1 Å². The first-order chi connectivity index (χ1) is 8.46. The van der Waals surface area contributed by atoms with Crippen LogP contribution in [-0.4, -0.2) is 17.6 Å². The molecule has 1 rings (SSSR count). The van der Waals surface area contributed by atoms with E-state index >= 15 is 0 Å². The first-order valence-corrected chi connectivity index (χ1v) is 5.85. The van der Waals surface area contributed by atoms with Crippen LogP contribution in [-0.2, 0) is 4.79 Å². The SMILES string of the molecule is Cc1cc(Cl)c(NC(=O)C(C)(N)C(F)(F)F)cc1Cl. The first kappa shape index (κ1) is 16.1. The van der Waals surface area contributed by atoms with E-state index in [9.17, 15) is 18.0 Å². The molecule has 1 aromatic carbocycles. The average molecular weight is 315 g/mol. The number of amides is 1. The van der Waals surface area contributed by atoms with Crippen LogP contribution in [0.2, 0.25) is 10.0 Å². The van der Waals surface area contributed by atoms with Crippen LogP contribution in [0.25, 0.3) is 0 Å². The Morgan fingerprint density at radius 3 is 2.26 bits per heavy atom. The fraction of sp³-hybridized carbons (Fsp3) is 0.364. The number of aryl methyl sites for hydroxylation is 1. The molecule has 19 heavy (non-hydrogen) atoms. The standard InChI is InChI=1S/C11H11Cl2F3N2O/c1-5-3-7(13)8(4-6(5)12)18-9(19)10(2,17)11(14,15)16/h3-4H,17H2,1-2H3,(H,18,19). The van der Waals surface area contributed by atoms with E-state index in [1.165, 1.54) is 12.1 Å². The predicted molar refractivity (Wildman–Crippen MR) is 68.5 cm³/mol. The molecule has 0 heterocycles. The third-order valence-electron chi connectivity index (χ3n) is 2.56. The quantitative estimate of drug-likeness (QED) is 0.877. The molecule has 0 bridgehead atoms. The molecular weight excluding hydrogens is 304 g/mol. The van der Waals surface area contributed by atoms with Crippen LogP contribution >= 0.6 is 23.2 Å². The number of alkyl halides is 3. The van der Waals surface area contributed by atoms with Gasteiger partial charge in [0.25, 0.3) is 5.91 Å². The third kappa shape index (κ3) is 3.32. The summed E-state index contributed by atoms with van der Waals surface area (Å²) in [6.07, 6.45) is -4.88. The van der Waals surface area contributed by atoms with Gasteiger partial charge in [0.2, 0.25) is 0 Å². The van der Waals surface area contributed by atoms with E-state index in [0.717, 1.165) is 0 Å². The van der Waals surface area contributed by atoms with E-state index in [0.29, 0.717) is 12.5 Å². The highest BCUT2D eigenvalue weighted by Gasteiger charge is 2.54. The van der Waals surface area contributed by atoms with Crippen molar-refractivity contribution in [1.82, 2.24) is 0 Å². The maximum Gasteiger partial charge on any atom is 0.415 e. The lowest BCUT2D eigenvalue weighted by Crippen LogP contribution is -2.59. The molecule has 3 N–H and O–H groups in total. The molecule has 0 fully saturated rings. The predicted octanol–water partition coefficient (Wildman–Crippen LogP) is 3.52. The number of halogens is 5. The van der Waals surface area contributed by atoms with Crippen LogP contribution in [0.1, 0.15) is 12.5 Å². The summed E-state index contributed by atoms with van der Waals surface area (Å²) in [7, 11) is 0. The van der Waals surface area contributed by atoms with Gasteiger partial charge in [0.05, 0.1) is 10.7 Å². The molecular formula is C11H11Cl2F3N2O. The molecule has 3 nitrogen and oxygen atoms in total. The Bertz CT molecular complexity index is 515. The highest BCUT2D eigenvalue weighted by Crippen LogP contribution is 2.32. The highest BCUT2D eigenvalue weighted by molar-refractivity contribution is 6.36. The molecule has 106 valence electrons. The molecule has 0 aromatic heterocycles. The summed E-state index contributed by atoms with van der Waals surface area (Å²) >= 11 is 11.6. The molecule has 0 saturated carbocycles. The molecule has 8 heteroatoms. The van der Waals surface area contributed by atoms with Gasteiger partial charge < -0.3 is 11.1 Å². The Hall–Kier alpha value is -0.980. The van der Waals surface area contributed by atoms with Crippen LogP contribution < -0.4 is 11.1 Å². The van der Waals surface area contributed by atoms with Gasteiger partial charge in [0.1, 0.15) is 0 Å². The zero-order valence-electron chi connectivity index (χ0n) is 10.0. The zero-order chi connectivity index (χ0) is 15.0. The fourth-order valence-electron chi connectivity index (χ4n) is 1.12. The van der Waals surface area contributed by atoms with Crippen molar-refractivity contribution < 1.29 is 18.0 Å². The lowest BCUT2D eigenvalue weighted by molar-refractivity contribution is -0.184. The number of hydrogen-bond acceptors (Lipinski definition) is 2. The molecule has 1 amide bonds. The van der Waals surface area contributed by atoms with Crippen molar-refractivity contribution in [2.24, 2.45) is 5.73 Å². The number of anilines is 1. The summed E-state index contributed by atoms with van der Waals surface area (Å²) in [5.74, 6) is -1.41. The van der Waals surface area contributed by atoms with Gasteiger partial charge >= 0.3 is 6.18 Å². The van der Waals surface area contributed by atoms with Gasteiger partial charge in [-0.1, -0.05) is 23.2 Å². The molecule has 0 aliphatic rings. The summed E-state index contributed by atoms with van der Waals surface area (Å²) in [4.78, 5) is 11.6. The minimum absolute atomic E-state index is 0.0248. The van der Waals surface area contributed by atoms with Crippen LogP contribution in [0, 0.1) is 6.92 Å². The van der Waals surface area contributed by atoms with E-state index < -0.39 is 17.6 Å². The van der Waals surface area contributed by atoms with Gasteiger partial charge in [0.15, 0.2) is 5.54 Å². The minimum Gasteiger partial charge on any atom is -0.323 e. The number of nitrogens with one attached hydrogen (secondary N) is 1. The molecule has 0 radical (unpaired) electrons. The van der Waals surface area contributed by atoms with E-state index in [1.807, 2.05) is 5.32 Å². The van der Waals surface area contributed by atoms with Crippen molar-refractivity contribution in [3.05, 3.63) is 27.7 Å². The minimum atomic E-state index is -4.88. The third-order valence-corrected chi connectivity index (χ3v) is 3.28. The number of hydrogen-bond donors (Lipinski definition) is 2. The number of rotatable bonds is 2. The number of carbonyl (C=O) groups is 1. The van der Waals surface area contributed by atoms with Gasteiger partial charge in [-0.15, -0.1) is 0 Å². The van der Waals surface area contributed by atoms with Gasteiger partial charge in [-0.3, -0.25) is 4.79 Å². The van der Waals surface area contributed by atoms with E-state index in [-0.39, 0.29) is 15.7 Å². The summed E-state index contributed by atoms with van der Waals surface area (Å²) in [5.41, 5.74) is 2.58. The van der Waals surface area contributed by atoms with Crippen molar-refractivity contribution in [1.29, 1.82) is 0 Å². The molecule has 0 saturated heterocycles. The maximum atomic E-state index is 12.6. The van der Waals surface area contributed by atoms with Crippen LogP contribution in [0.15, 0.2) is 12.1 Å². The highest BCUT2D eigenvalue weighted by atomic mass is 35.5. The summed E-state index contributed by atoms with van der Waals surface area (Å²) in [5, 5.41) is 2.37. The molecule has 1 aromatic rings. The second kappa shape index (κ2) is 5.19. The normalized spacial score (nSPS) is 14.9. The maximum absolute atomic E-state index is 12.6. The summed E-state index contributed by atoms with van der Waals surface area (Å²) < 4.78 is 37.8. The second-order valence-corrected chi connectivity index (χ2v) is 5.05. The summed E-state index contributed by atoms with van der Waals surface area (Å²) in [6.45, 7) is 2.24. The van der Waals surface area contributed by atoms with Gasteiger partial charge in [-0.25, -0.2) is 0 Å². The molecule has 0 aliphatic carbocycles. The average Bonchev–Trinajstić information content (AvgIpc) is 2.24. The van der Waals surface area contributed by atoms with Crippen molar-refractivity contribution in [3.63, 3.8) is 0 Å². The number of benzene rings is 1. The Labute approximate surface area is 117 Å². The van der Waals surface area contributed by atoms with Crippen molar-refractivity contribution >= 4 is 34.8 Å². The van der Waals surface area contributed by atoms with Gasteiger partial charge in [-0.2, -0.15) is 13.2 Å².